The summed E-state index contributed by atoms with van der Waals surface area (Å²) in [5, 5.41) is 2.86. The molecule has 2 aromatic rings. The Morgan fingerprint density at radius 3 is 2.50 bits per heavy atom. The SMILES string of the molecule is O=C(NC1CCCCC1)c1ccc(CS(=O)(=O)c2cccc(C(F)(F)F)c2)o1. The second-order valence-corrected chi connectivity index (χ2v) is 8.85. The van der Waals surface area contributed by atoms with Crippen LogP contribution in [0, 0.1) is 0 Å². The number of benzene rings is 1. The second kappa shape index (κ2) is 7.98. The first-order chi connectivity index (χ1) is 13.1. The Bertz CT molecular complexity index is 944. The third-order valence-corrected chi connectivity index (χ3v) is 6.32. The van der Waals surface area contributed by atoms with Crippen molar-refractivity contribution in [2.24, 2.45) is 0 Å². The molecule has 0 spiro atoms. The monoisotopic (exact) mass is 415 g/mol. The number of sulfone groups is 1. The number of rotatable bonds is 5. The van der Waals surface area contributed by atoms with E-state index in [2.05, 4.69) is 5.32 Å². The average Bonchev–Trinajstić information content (AvgIpc) is 3.10. The van der Waals surface area contributed by atoms with Crippen LogP contribution < -0.4 is 5.32 Å². The van der Waals surface area contributed by atoms with Gasteiger partial charge in [0.25, 0.3) is 5.91 Å². The summed E-state index contributed by atoms with van der Waals surface area (Å²) in [6.07, 6.45) is 0.380. The van der Waals surface area contributed by atoms with Gasteiger partial charge in [0.05, 0.1) is 10.5 Å². The Labute approximate surface area is 160 Å². The molecule has 5 nitrogen and oxygen atoms in total. The van der Waals surface area contributed by atoms with Gasteiger partial charge in [-0.3, -0.25) is 4.79 Å². The Morgan fingerprint density at radius 2 is 1.82 bits per heavy atom. The quantitative estimate of drug-likeness (QED) is 0.788. The first kappa shape index (κ1) is 20.4. The summed E-state index contributed by atoms with van der Waals surface area (Å²) in [5.41, 5.74) is -1.04. The topological polar surface area (TPSA) is 76.4 Å². The zero-order valence-electron chi connectivity index (χ0n) is 15.0. The maximum Gasteiger partial charge on any atom is 0.416 e. The summed E-state index contributed by atoms with van der Waals surface area (Å²) in [6.45, 7) is 0. The lowest BCUT2D eigenvalue weighted by Gasteiger charge is -2.22. The molecule has 1 fully saturated rings. The summed E-state index contributed by atoms with van der Waals surface area (Å²) in [5.74, 6) is -1.08. The molecule has 1 aromatic carbocycles. The highest BCUT2D eigenvalue weighted by Crippen LogP contribution is 2.31. The summed E-state index contributed by atoms with van der Waals surface area (Å²) >= 11 is 0. The number of hydrogen-bond acceptors (Lipinski definition) is 4. The molecule has 1 N–H and O–H groups in total. The van der Waals surface area contributed by atoms with Gasteiger partial charge < -0.3 is 9.73 Å². The number of halogens is 3. The number of carbonyl (C=O) groups excluding carboxylic acids is 1. The highest BCUT2D eigenvalue weighted by atomic mass is 32.2. The van der Waals surface area contributed by atoms with Crippen molar-refractivity contribution in [2.75, 3.05) is 0 Å². The predicted octanol–water partition coefficient (Wildman–Crippen LogP) is 4.33. The molecule has 1 heterocycles. The molecule has 9 heteroatoms. The van der Waals surface area contributed by atoms with Gasteiger partial charge in [0.15, 0.2) is 15.6 Å². The minimum absolute atomic E-state index is 0.00814. The zero-order valence-corrected chi connectivity index (χ0v) is 15.8. The maximum absolute atomic E-state index is 12.8. The van der Waals surface area contributed by atoms with E-state index in [9.17, 15) is 26.4 Å². The highest BCUT2D eigenvalue weighted by molar-refractivity contribution is 7.90. The summed E-state index contributed by atoms with van der Waals surface area (Å²) in [6, 6.07) is 6.33. The van der Waals surface area contributed by atoms with Gasteiger partial charge in [0.2, 0.25) is 0 Å². The van der Waals surface area contributed by atoms with Crippen molar-refractivity contribution < 1.29 is 30.8 Å². The van der Waals surface area contributed by atoms with Crippen LogP contribution in [0.15, 0.2) is 45.7 Å². The minimum Gasteiger partial charge on any atom is -0.455 e. The first-order valence-electron chi connectivity index (χ1n) is 8.95. The van der Waals surface area contributed by atoms with Gasteiger partial charge in [0, 0.05) is 6.04 Å². The Morgan fingerprint density at radius 1 is 1.11 bits per heavy atom. The fourth-order valence-corrected chi connectivity index (χ4v) is 4.51. The lowest BCUT2D eigenvalue weighted by atomic mass is 9.95. The van der Waals surface area contributed by atoms with Crippen LogP contribution in [0.3, 0.4) is 0 Å². The third kappa shape index (κ3) is 4.95. The molecular formula is C19H20F3NO4S. The average molecular weight is 415 g/mol. The Balaban J connectivity index is 1.71. The van der Waals surface area contributed by atoms with Gasteiger partial charge >= 0.3 is 6.18 Å². The molecule has 0 unspecified atom stereocenters. The lowest BCUT2D eigenvalue weighted by Crippen LogP contribution is -2.35. The Hall–Kier alpha value is -2.29. The Kier molecular flexibility index (Phi) is 5.83. The molecule has 0 bridgehead atoms. The van der Waals surface area contributed by atoms with Crippen molar-refractivity contribution in [3.63, 3.8) is 0 Å². The number of alkyl halides is 3. The third-order valence-electron chi connectivity index (χ3n) is 4.68. The molecule has 152 valence electrons. The van der Waals surface area contributed by atoms with Crippen molar-refractivity contribution >= 4 is 15.7 Å². The van der Waals surface area contributed by atoms with Crippen LogP contribution in [0.5, 0.6) is 0 Å². The van der Waals surface area contributed by atoms with E-state index in [-0.39, 0.29) is 17.6 Å². The fourth-order valence-electron chi connectivity index (χ4n) is 3.22. The molecule has 1 amide bonds. The van der Waals surface area contributed by atoms with E-state index in [1.165, 1.54) is 12.1 Å². The first-order valence-corrected chi connectivity index (χ1v) is 10.6. The van der Waals surface area contributed by atoms with Gasteiger partial charge in [-0.2, -0.15) is 13.2 Å². The molecule has 1 saturated carbocycles. The van der Waals surface area contributed by atoms with Crippen LogP contribution in [-0.2, 0) is 21.8 Å². The molecule has 1 aliphatic carbocycles. The van der Waals surface area contributed by atoms with Crippen molar-refractivity contribution in [3.8, 4) is 0 Å². The number of amides is 1. The van der Waals surface area contributed by atoms with Gasteiger partial charge in [0.1, 0.15) is 11.5 Å². The molecule has 3 rings (SSSR count). The molecule has 1 aromatic heterocycles. The van der Waals surface area contributed by atoms with Gasteiger partial charge in [-0.15, -0.1) is 0 Å². The van der Waals surface area contributed by atoms with Crippen molar-refractivity contribution in [1.29, 1.82) is 0 Å². The van der Waals surface area contributed by atoms with Crippen LogP contribution in [0.4, 0.5) is 13.2 Å². The highest BCUT2D eigenvalue weighted by Gasteiger charge is 2.32. The van der Waals surface area contributed by atoms with E-state index in [1.54, 1.807) is 0 Å². The summed E-state index contributed by atoms with van der Waals surface area (Å²) in [7, 11) is -4.06. The van der Waals surface area contributed by atoms with E-state index in [0.717, 1.165) is 50.3 Å². The fraction of sp³-hybridized carbons (Fsp3) is 0.421. The van der Waals surface area contributed by atoms with Gasteiger partial charge in [-0.05, 0) is 43.2 Å². The number of hydrogen-bond donors (Lipinski definition) is 1. The summed E-state index contributed by atoms with van der Waals surface area (Å²) in [4.78, 5) is 11.8. The minimum atomic E-state index is -4.64. The molecular weight excluding hydrogens is 395 g/mol. The van der Waals surface area contributed by atoms with Crippen molar-refractivity contribution in [3.05, 3.63) is 53.5 Å². The van der Waals surface area contributed by atoms with Crippen LogP contribution >= 0.6 is 0 Å². The van der Waals surface area contributed by atoms with E-state index < -0.39 is 38.1 Å². The van der Waals surface area contributed by atoms with Crippen LogP contribution in [0.2, 0.25) is 0 Å². The van der Waals surface area contributed by atoms with E-state index >= 15 is 0 Å². The standard InChI is InChI=1S/C19H20F3NO4S/c20-19(21,22)13-5-4-8-16(11-13)28(25,26)12-15-9-10-17(27-15)18(24)23-14-6-2-1-3-7-14/h4-5,8-11,14H,1-3,6-7,12H2,(H,23,24). The molecule has 1 aliphatic rings. The maximum atomic E-state index is 12.8. The largest absolute Gasteiger partial charge is 0.455 e. The van der Waals surface area contributed by atoms with E-state index in [0.29, 0.717) is 6.07 Å². The zero-order chi connectivity index (χ0) is 20.4. The van der Waals surface area contributed by atoms with E-state index in [4.69, 9.17) is 4.42 Å². The molecule has 0 saturated heterocycles. The normalized spacial score (nSPS) is 16.1. The van der Waals surface area contributed by atoms with Crippen LogP contribution in [-0.4, -0.2) is 20.4 Å². The second-order valence-electron chi connectivity index (χ2n) is 6.86. The van der Waals surface area contributed by atoms with Crippen molar-refractivity contribution in [1.82, 2.24) is 5.32 Å². The molecule has 28 heavy (non-hydrogen) atoms. The molecule has 0 atom stereocenters. The predicted molar refractivity (Wildman–Crippen MR) is 95.4 cm³/mol. The van der Waals surface area contributed by atoms with Gasteiger partial charge in [-0.1, -0.05) is 25.3 Å². The van der Waals surface area contributed by atoms with Gasteiger partial charge in [-0.25, -0.2) is 8.42 Å². The lowest BCUT2D eigenvalue weighted by molar-refractivity contribution is -0.137. The van der Waals surface area contributed by atoms with Crippen LogP contribution in [0.25, 0.3) is 0 Å². The smallest absolute Gasteiger partial charge is 0.416 e. The summed E-state index contributed by atoms with van der Waals surface area (Å²) < 4.78 is 68.7. The van der Waals surface area contributed by atoms with E-state index in [1.807, 2.05) is 0 Å². The number of nitrogens with one attached hydrogen (secondary N) is 1. The number of carbonyl (C=O) groups is 1. The van der Waals surface area contributed by atoms with Crippen molar-refractivity contribution in [2.45, 2.75) is 55.0 Å². The molecule has 0 aliphatic heterocycles. The number of furan rings is 1. The van der Waals surface area contributed by atoms with Crippen LogP contribution in [0.1, 0.15) is 54.0 Å². The molecule has 0 radical (unpaired) electrons.